The smallest absolute Gasteiger partial charge is 0.258 e. The van der Waals surface area contributed by atoms with Crippen molar-refractivity contribution in [2.75, 3.05) is 0 Å². The van der Waals surface area contributed by atoms with Gasteiger partial charge in [-0.1, -0.05) is 60.7 Å². The van der Waals surface area contributed by atoms with Crippen molar-refractivity contribution in [3.63, 3.8) is 0 Å². The van der Waals surface area contributed by atoms with Crippen LogP contribution >= 0.6 is 0 Å². The van der Waals surface area contributed by atoms with Gasteiger partial charge in [-0.25, -0.2) is 0 Å². The van der Waals surface area contributed by atoms with Gasteiger partial charge < -0.3 is 0 Å². The van der Waals surface area contributed by atoms with E-state index in [1.807, 2.05) is 30.3 Å². The first kappa shape index (κ1) is 15.1. The SMILES string of the molecule is O=[N+]([O-])c1ccc(C=Cc2c3ccccc3cc3ccccc23)cc1. The molecule has 0 aliphatic heterocycles. The number of nitrogens with zero attached hydrogens (tertiary/aromatic N) is 1. The van der Waals surface area contributed by atoms with E-state index < -0.39 is 0 Å². The van der Waals surface area contributed by atoms with E-state index in [1.54, 1.807) is 12.1 Å². The summed E-state index contributed by atoms with van der Waals surface area (Å²) >= 11 is 0. The van der Waals surface area contributed by atoms with Crippen LogP contribution in [0.25, 0.3) is 33.7 Å². The number of hydrogen-bond acceptors (Lipinski definition) is 2. The largest absolute Gasteiger partial charge is 0.269 e. The van der Waals surface area contributed by atoms with E-state index in [1.165, 1.54) is 33.7 Å². The number of non-ortho nitro benzene ring substituents is 1. The summed E-state index contributed by atoms with van der Waals surface area (Å²) in [6.07, 6.45) is 4.09. The molecular formula is C22H15NO2. The van der Waals surface area contributed by atoms with E-state index in [0.717, 1.165) is 11.1 Å². The maximum absolute atomic E-state index is 10.8. The highest BCUT2D eigenvalue weighted by atomic mass is 16.6. The highest BCUT2D eigenvalue weighted by Crippen LogP contribution is 2.30. The summed E-state index contributed by atoms with van der Waals surface area (Å²) < 4.78 is 0. The van der Waals surface area contributed by atoms with Gasteiger partial charge in [0.1, 0.15) is 0 Å². The van der Waals surface area contributed by atoms with E-state index in [-0.39, 0.29) is 10.6 Å². The molecule has 4 aromatic rings. The molecule has 3 heteroatoms. The lowest BCUT2D eigenvalue weighted by Gasteiger charge is -2.08. The van der Waals surface area contributed by atoms with E-state index in [4.69, 9.17) is 0 Å². The predicted octanol–water partition coefficient (Wildman–Crippen LogP) is 6.07. The molecule has 0 aliphatic carbocycles. The number of benzene rings is 4. The van der Waals surface area contributed by atoms with Gasteiger partial charge in [-0.15, -0.1) is 0 Å². The third kappa shape index (κ3) is 2.88. The van der Waals surface area contributed by atoms with E-state index >= 15 is 0 Å². The molecule has 0 unspecified atom stereocenters. The standard InChI is InChI=1S/C22H15NO2/c24-23(25)19-12-9-16(10-13-19)11-14-22-20-7-3-1-5-17(20)15-18-6-2-4-8-21(18)22/h1-15H. The van der Waals surface area contributed by atoms with Gasteiger partial charge in [0.25, 0.3) is 5.69 Å². The molecule has 120 valence electrons. The average Bonchev–Trinajstić information content (AvgIpc) is 2.65. The Labute approximate surface area is 145 Å². The van der Waals surface area contributed by atoms with Crippen LogP contribution in [-0.4, -0.2) is 4.92 Å². The monoisotopic (exact) mass is 325 g/mol. The van der Waals surface area contributed by atoms with Gasteiger partial charge in [0.2, 0.25) is 0 Å². The summed E-state index contributed by atoms with van der Waals surface area (Å²) in [5.74, 6) is 0. The van der Waals surface area contributed by atoms with Crippen LogP contribution in [0.3, 0.4) is 0 Å². The number of rotatable bonds is 3. The van der Waals surface area contributed by atoms with E-state index in [9.17, 15) is 10.1 Å². The number of fused-ring (bicyclic) bond motifs is 2. The Hall–Kier alpha value is -3.46. The first-order valence-corrected chi connectivity index (χ1v) is 8.05. The first-order valence-electron chi connectivity index (χ1n) is 8.05. The molecule has 0 saturated heterocycles. The van der Waals surface area contributed by atoms with Crippen molar-refractivity contribution in [1.29, 1.82) is 0 Å². The molecular weight excluding hydrogens is 310 g/mol. The molecule has 0 bridgehead atoms. The lowest BCUT2D eigenvalue weighted by atomic mass is 9.96. The van der Waals surface area contributed by atoms with Gasteiger partial charge in [-0.05, 0) is 50.9 Å². The zero-order valence-corrected chi connectivity index (χ0v) is 13.4. The number of hydrogen-bond donors (Lipinski definition) is 0. The zero-order valence-electron chi connectivity index (χ0n) is 13.4. The van der Waals surface area contributed by atoms with Gasteiger partial charge in [-0.3, -0.25) is 10.1 Å². The first-order chi connectivity index (χ1) is 12.2. The molecule has 3 nitrogen and oxygen atoms in total. The fourth-order valence-electron chi connectivity index (χ4n) is 3.12. The molecule has 4 rings (SSSR count). The topological polar surface area (TPSA) is 43.1 Å². The van der Waals surface area contributed by atoms with Crippen LogP contribution in [0.15, 0.2) is 78.9 Å². The van der Waals surface area contributed by atoms with Crippen LogP contribution in [0.4, 0.5) is 5.69 Å². The van der Waals surface area contributed by atoms with Crippen molar-refractivity contribution < 1.29 is 4.92 Å². The van der Waals surface area contributed by atoms with Gasteiger partial charge in [-0.2, -0.15) is 0 Å². The Balaban J connectivity index is 1.85. The van der Waals surface area contributed by atoms with Crippen molar-refractivity contribution in [3.8, 4) is 0 Å². The summed E-state index contributed by atoms with van der Waals surface area (Å²) in [5, 5.41) is 15.6. The molecule has 0 atom stereocenters. The summed E-state index contributed by atoms with van der Waals surface area (Å²) in [6, 6.07) is 25.4. The second-order valence-electron chi connectivity index (χ2n) is 5.91. The van der Waals surface area contributed by atoms with Crippen molar-refractivity contribution >= 4 is 39.4 Å². The average molecular weight is 325 g/mol. The Morgan fingerprint density at radius 3 is 1.84 bits per heavy atom. The molecule has 0 amide bonds. The summed E-state index contributed by atoms with van der Waals surface area (Å²) in [4.78, 5) is 10.4. The Kier molecular flexibility index (Phi) is 3.75. The minimum Gasteiger partial charge on any atom is -0.258 e. The van der Waals surface area contributed by atoms with Gasteiger partial charge >= 0.3 is 0 Å². The summed E-state index contributed by atoms with van der Waals surface area (Å²) in [7, 11) is 0. The second-order valence-corrected chi connectivity index (χ2v) is 5.91. The lowest BCUT2D eigenvalue weighted by molar-refractivity contribution is -0.384. The Morgan fingerprint density at radius 1 is 0.720 bits per heavy atom. The molecule has 25 heavy (non-hydrogen) atoms. The van der Waals surface area contributed by atoms with Crippen molar-refractivity contribution in [2.45, 2.75) is 0 Å². The van der Waals surface area contributed by atoms with Crippen molar-refractivity contribution in [1.82, 2.24) is 0 Å². The fourth-order valence-corrected chi connectivity index (χ4v) is 3.12. The van der Waals surface area contributed by atoms with E-state index in [0.29, 0.717) is 0 Å². The predicted molar refractivity (Wildman–Crippen MR) is 103 cm³/mol. The Morgan fingerprint density at radius 2 is 1.28 bits per heavy atom. The van der Waals surface area contributed by atoms with Gasteiger partial charge in [0.15, 0.2) is 0 Å². The highest BCUT2D eigenvalue weighted by Gasteiger charge is 2.05. The summed E-state index contributed by atoms with van der Waals surface area (Å²) in [6.45, 7) is 0. The molecule has 0 aliphatic rings. The second kappa shape index (κ2) is 6.21. The normalized spacial score (nSPS) is 11.4. The molecule has 4 aromatic carbocycles. The van der Waals surface area contributed by atoms with Crippen LogP contribution in [0.2, 0.25) is 0 Å². The number of nitro benzene ring substituents is 1. The molecule has 0 spiro atoms. The number of nitro groups is 1. The zero-order chi connectivity index (χ0) is 17.2. The van der Waals surface area contributed by atoms with Crippen LogP contribution in [0.5, 0.6) is 0 Å². The maximum Gasteiger partial charge on any atom is 0.269 e. The molecule has 0 N–H and O–H groups in total. The summed E-state index contributed by atoms with van der Waals surface area (Å²) in [5.41, 5.74) is 2.20. The van der Waals surface area contributed by atoms with Crippen LogP contribution in [0, 0.1) is 10.1 Å². The minimum absolute atomic E-state index is 0.104. The lowest BCUT2D eigenvalue weighted by Crippen LogP contribution is -1.86. The molecule has 0 radical (unpaired) electrons. The molecule has 0 fully saturated rings. The minimum atomic E-state index is -0.383. The maximum atomic E-state index is 10.8. The van der Waals surface area contributed by atoms with Crippen molar-refractivity contribution in [2.24, 2.45) is 0 Å². The molecule has 0 heterocycles. The van der Waals surface area contributed by atoms with Gasteiger partial charge in [0.05, 0.1) is 4.92 Å². The van der Waals surface area contributed by atoms with Gasteiger partial charge in [0, 0.05) is 12.1 Å². The quantitative estimate of drug-likeness (QED) is 0.198. The van der Waals surface area contributed by atoms with Crippen molar-refractivity contribution in [3.05, 3.63) is 100 Å². The third-order valence-corrected chi connectivity index (χ3v) is 4.36. The third-order valence-electron chi connectivity index (χ3n) is 4.36. The highest BCUT2D eigenvalue weighted by molar-refractivity contribution is 6.07. The van der Waals surface area contributed by atoms with Crippen LogP contribution < -0.4 is 0 Å². The molecule has 0 aromatic heterocycles. The molecule has 0 saturated carbocycles. The Bertz CT molecular complexity index is 1060. The van der Waals surface area contributed by atoms with Crippen LogP contribution in [0.1, 0.15) is 11.1 Å². The van der Waals surface area contributed by atoms with E-state index in [2.05, 4.69) is 36.4 Å². The fraction of sp³-hybridized carbons (Fsp3) is 0. The van der Waals surface area contributed by atoms with Crippen LogP contribution in [-0.2, 0) is 0 Å².